The van der Waals surface area contributed by atoms with E-state index >= 15 is 0 Å². The van der Waals surface area contributed by atoms with Gasteiger partial charge in [0.1, 0.15) is 0 Å². The lowest BCUT2D eigenvalue weighted by Gasteiger charge is -2.38. The zero-order valence-electron chi connectivity index (χ0n) is 14.0. The lowest BCUT2D eigenvalue weighted by molar-refractivity contribution is 0.0472. The van der Waals surface area contributed by atoms with Crippen molar-refractivity contribution in [1.82, 2.24) is 19.6 Å². The number of aliphatic hydroxyl groups excluding tert-OH is 1. The van der Waals surface area contributed by atoms with Crippen LogP contribution in [0, 0.1) is 0 Å². The monoisotopic (exact) mass is 328 g/mol. The molecule has 1 aromatic heterocycles. The van der Waals surface area contributed by atoms with Crippen LogP contribution < -0.4 is 0 Å². The van der Waals surface area contributed by atoms with Gasteiger partial charge >= 0.3 is 0 Å². The maximum absolute atomic E-state index is 12.7. The first kappa shape index (κ1) is 16.7. The first-order valence-electron chi connectivity index (χ1n) is 8.47. The minimum absolute atomic E-state index is 0.0221. The minimum atomic E-state index is 0.0221. The van der Waals surface area contributed by atoms with Gasteiger partial charge in [0.05, 0.1) is 24.1 Å². The van der Waals surface area contributed by atoms with Crippen LogP contribution in [0.4, 0.5) is 0 Å². The molecule has 1 aliphatic rings. The molecule has 2 heterocycles. The third-order valence-corrected chi connectivity index (χ3v) is 4.65. The van der Waals surface area contributed by atoms with Crippen molar-refractivity contribution >= 4 is 5.91 Å². The number of benzene rings is 1. The van der Waals surface area contributed by atoms with E-state index in [2.05, 4.69) is 16.9 Å². The van der Waals surface area contributed by atoms with Crippen LogP contribution in [0.25, 0.3) is 5.69 Å². The number of nitrogens with zero attached hydrogens (tertiary/aromatic N) is 4. The highest BCUT2D eigenvalue weighted by atomic mass is 16.3. The zero-order valence-corrected chi connectivity index (χ0v) is 14.0. The Morgan fingerprint density at radius 2 is 1.92 bits per heavy atom. The van der Waals surface area contributed by atoms with Gasteiger partial charge in [0.15, 0.2) is 0 Å². The van der Waals surface area contributed by atoms with E-state index in [0.717, 1.165) is 25.2 Å². The normalized spacial score (nSPS) is 17.0. The number of para-hydroxylation sites is 1. The minimum Gasteiger partial charge on any atom is -0.395 e. The fraction of sp³-hybridized carbons (Fsp3) is 0.444. The molecule has 1 fully saturated rings. The molecule has 24 heavy (non-hydrogen) atoms. The number of aromatic nitrogens is 2. The molecule has 1 aliphatic heterocycles. The van der Waals surface area contributed by atoms with E-state index in [9.17, 15) is 9.90 Å². The fourth-order valence-corrected chi connectivity index (χ4v) is 3.13. The maximum atomic E-state index is 12.7. The van der Waals surface area contributed by atoms with Gasteiger partial charge in [-0.1, -0.05) is 25.1 Å². The van der Waals surface area contributed by atoms with Gasteiger partial charge < -0.3 is 10.0 Å². The molecule has 2 aromatic rings. The Labute approximate surface area is 142 Å². The molecule has 1 amide bonds. The Morgan fingerprint density at radius 1 is 1.21 bits per heavy atom. The third-order valence-electron chi connectivity index (χ3n) is 4.65. The summed E-state index contributed by atoms with van der Waals surface area (Å²) < 4.78 is 1.72. The molecule has 0 saturated carbocycles. The average molecular weight is 328 g/mol. The van der Waals surface area contributed by atoms with Crippen LogP contribution in [0.1, 0.15) is 23.7 Å². The van der Waals surface area contributed by atoms with Gasteiger partial charge in [-0.2, -0.15) is 5.10 Å². The third kappa shape index (κ3) is 3.49. The summed E-state index contributed by atoms with van der Waals surface area (Å²) in [5.41, 5.74) is 1.55. The number of amides is 1. The smallest absolute Gasteiger partial charge is 0.257 e. The van der Waals surface area contributed by atoms with Gasteiger partial charge in [-0.15, -0.1) is 0 Å². The summed E-state index contributed by atoms with van der Waals surface area (Å²) in [7, 11) is 0. The molecule has 0 radical (unpaired) electrons. The summed E-state index contributed by atoms with van der Waals surface area (Å²) in [6.07, 6.45) is 4.34. The maximum Gasteiger partial charge on any atom is 0.257 e. The lowest BCUT2D eigenvalue weighted by atomic mass is 10.1. The van der Waals surface area contributed by atoms with E-state index in [-0.39, 0.29) is 18.6 Å². The molecule has 1 saturated heterocycles. The SMILES string of the molecule is CCC(CO)N1CCN(C(=O)c2cnn(-c3ccccc3)c2)CC1. The molecule has 3 rings (SSSR count). The summed E-state index contributed by atoms with van der Waals surface area (Å²) in [5, 5.41) is 13.7. The first-order valence-corrected chi connectivity index (χ1v) is 8.47. The van der Waals surface area contributed by atoms with E-state index in [1.54, 1.807) is 17.1 Å². The van der Waals surface area contributed by atoms with Gasteiger partial charge in [0.2, 0.25) is 0 Å². The second-order valence-electron chi connectivity index (χ2n) is 6.08. The molecule has 128 valence electrons. The van der Waals surface area contributed by atoms with E-state index in [0.29, 0.717) is 18.7 Å². The number of hydrogen-bond donors (Lipinski definition) is 1. The number of carbonyl (C=O) groups is 1. The Hall–Kier alpha value is -2.18. The summed E-state index contributed by atoms with van der Waals surface area (Å²) in [6.45, 7) is 5.23. The summed E-state index contributed by atoms with van der Waals surface area (Å²) in [5.74, 6) is 0.0221. The van der Waals surface area contributed by atoms with Crippen LogP contribution >= 0.6 is 0 Å². The molecule has 1 aromatic carbocycles. The highest BCUT2D eigenvalue weighted by molar-refractivity contribution is 5.93. The number of rotatable bonds is 5. The number of carbonyl (C=O) groups excluding carboxylic acids is 1. The summed E-state index contributed by atoms with van der Waals surface area (Å²) in [4.78, 5) is 16.8. The molecule has 1 unspecified atom stereocenters. The molecular weight excluding hydrogens is 304 g/mol. The molecular formula is C18H24N4O2. The van der Waals surface area contributed by atoms with Gasteiger partial charge in [-0.05, 0) is 18.6 Å². The van der Waals surface area contributed by atoms with Gasteiger partial charge in [-0.3, -0.25) is 9.69 Å². The van der Waals surface area contributed by atoms with Gasteiger partial charge in [0.25, 0.3) is 5.91 Å². The van der Waals surface area contributed by atoms with E-state index in [4.69, 9.17) is 0 Å². The van der Waals surface area contributed by atoms with Crippen molar-refractivity contribution in [2.45, 2.75) is 19.4 Å². The van der Waals surface area contributed by atoms with Gasteiger partial charge in [-0.25, -0.2) is 4.68 Å². The zero-order chi connectivity index (χ0) is 16.9. The van der Waals surface area contributed by atoms with Crippen LogP contribution in [0.15, 0.2) is 42.7 Å². The number of aliphatic hydroxyl groups is 1. The van der Waals surface area contributed by atoms with Crippen molar-refractivity contribution in [2.24, 2.45) is 0 Å². The Kier molecular flexibility index (Phi) is 5.27. The first-order chi connectivity index (χ1) is 11.7. The Balaban J connectivity index is 1.63. The quantitative estimate of drug-likeness (QED) is 0.901. The van der Waals surface area contributed by atoms with E-state index in [1.807, 2.05) is 35.2 Å². The van der Waals surface area contributed by atoms with Crippen molar-refractivity contribution in [2.75, 3.05) is 32.8 Å². The van der Waals surface area contributed by atoms with Crippen molar-refractivity contribution < 1.29 is 9.90 Å². The van der Waals surface area contributed by atoms with Crippen molar-refractivity contribution in [3.8, 4) is 5.69 Å². The van der Waals surface area contributed by atoms with Crippen LogP contribution in [0.3, 0.4) is 0 Å². The van der Waals surface area contributed by atoms with Crippen LogP contribution in [-0.4, -0.2) is 69.4 Å². The molecule has 0 bridgehead atoms. The Morgan fingerprint density at radius 3 is 2.54 bits per heavy atom. The number of hydrogen-bond acceptors (Lipinski definition) is 4. The van der Waals surface area contributed by atoms with Gasteiger partial charge in [0, 0.05) is 38.4 Å². The molecule has 6 nitrogen and oxygen atoms in total. The topological polar surface area (TPSA) is 61.6 Å². The van der Waals surface area contributed by atoms with E-state index < -0.39 is 0 Å². The lowest BCUT2D eigenvalue weighted by Crippen LogP contribution is -2.52. The second-order valence-corrected chi connectivity index (χ2v) is 6.08. The summed E-state index contributed by atoms with van der Waals surface area (Å²) >= 11 is 0. The van der Waals surface area contributed by atoms with Crippen molar-refractivity contribution in [3.63, 3.8) is 0 Å². The molecule has 1 atom stereocenters. The largest absolute Gasteiger partial charge is 0.395 e. The molecule has 0 spiro atoms. The summed E-state index contributed by atoms with van der Waals surface area (Å²) in [6, 6.07) is 9.96. The van der Waals surface area contributed by atoms with Crippen LogP contribution in [0.2, 0.25) is 0 Å². The second kappa shape index (κ2) is 7.59. The molecule has 6 heteroatoms. The van der Waals surface area contributed by atoms with Crippen LogP contribution in [0.5, 0.6) is 0 Å². The highest BCUT2D eigenvalue weighted by Gasteiger charge is 2.26. The van der Waals surface area contributed by atoms with Crippen molar-refractivity contribution in [1.29, 1.82) is 0 Å². The van der Waals surface area contributed by atoms with Crippen molar-refractivity contribution in [3.05, 3.63) is 48.3 Å². The van der Waals surface area contributed by atoms with Crippen LogP contribution in [-0.2, 0) is 0 Å². The molecule has 1 N–H and O–H groups in total. The highest BCUT2D eigenvalue weighted by Crippen LogP contribution is 2.13. The predicted molar refractivity (Wildman–Crippen MR) is 92.2 cm³/mol. The fourth-order valence-electron chi connectivity index (χ4n) is 3.13. The standard InChI is InChI=1S/C18H24N4O2/c1-2-16(14-23)20-8-10-21(11-9-20)18(24)15-12-19-22(13-15)17-6-4-3-5-7-17/h3-7,12-13,16,23H,2,8-11,14H2,1H3. The molecule has 0 aliphatic carbocycles. The Bertz CT molecular complexity index is 659. The average Bonchev–Trinajstić information content (AvgIpc) is 3.14. The predicted octanol–water partition coefficient (Wildman–Crippen LogP) is 1.40. The van der Waals surface area contributed by atoms with E-state index in [1.165, 1.54) is 0 Å². The number of piperazine rings is 1.